The summed E-state index contributed by atoms with van der Waals surface area (Å²) >= 11 is 6.28. The first-order valence-electron chi connectivity index (χ1n) is 7.65. The molecule has 1 saturated heterocycles. The Balaban J connectivity index is 1.89. The summed E-state index contributed by atoms with van der Waals surface area (Å²) in [6.07, 6.45) is 4.30. The molecule has 0 radical (unpaired) electrons. The topological polar surface area (TPSA) is 42.1 Å². The Labute approximate surface area is 131 Å². The summed E-state index contributed by atoms with van der Waals surface area (Å²) in [4.78, 5) is 7.06. The van der Waals surface area contributed by atoms with Crippen LogP contribution in [0.3, 0.4) is 0 Å². The van der Waals surface area contributed by atoms with Crippen LogP contribution in [0, 0.1) is 5.92 Å². The predicted molar refractivity (Wildman–Crippen MR) is 88.4 cm³/mol. The highest BCUT2D eigenvalue weighted by atomic mass is 35.5. The van der Waals surface area contributed by atoms with Gasteiger partial charge in [0.05, 0.1) is 5.52 Å². The van der Waals surface area contributed by atoms with E-state index in [0.29, 0.717) is 12.0 Å². The molecular formula is C17H22ClN3. The maximum Gasteiger partial charge on any atom is 0.0761 e. The zero-order valence-electron chi connectivity index (χ0n) is 12.4. The molecule has 2 atom stereocenters. The number of rotatable bonds is 3. The van der Waals surface area contributed by atoms with Gasteiger partial charge in [-0.3, -0.25) is 9.88 Å². The van der Waals surface area contributed by atoms with Crippen LogP contribution in [0.1, 0.15) is 25.3 Å². The van der Waals surface area contributed by atoms with Gasteiger partial charge >= 0.3 is 0 Å². The third-order valence-corrected chi connectivity index (χ3v) is 4.95. The van der Waals surface area contributed by atoms with Gasteiger partial charge in [-0.2, -0.15) is 0 Å². The second-order valence-corrected chi connectivity index (χ2v) is 6.47. The van der Waals surface area contributed by atoms with Gasteiger partial charge in [-0.15, -0.1) is 0 Å². The van der Waals surface area contributed by atoms with Crippen LogP contribution < -0.4 is 5.73 Å². The van der Waals surface area contributed by atoms with Crippen LogP contribution in [-0.2, 0) is 6.54 Å². The van der Waals surface area contributed by atoms with Gasteiger partial charge in [0.2, 0.25) is 0 Å². The molecule has 0 bridgehead atoms. The highest BCUT2D eigenvalue weighted by Gasteiger charge is 2.25. The lowest BCUT2D eigenvalue weighted by Crippen LogP contribution is -2.43. The molecule has 3 nitrogen and oxygen atoms in total. The number of aromatic nitrogens is 1. The van der Waals surface area contributed by atoms with E-state index in [1.807, 2.05) is 24.4 Å². The van der Waals surface area contributed by atoms with Gasteiger partial charge in [0.1, 0.15) is 0 Å². The number of hydrogen-bond donors (Lipinski definition) is 1. The largest absolute Gasteiger partial charge is 0.330 e. The van der Waals surface area contributed by atoms with Crippen LogP contribution >= 0.6 is 11.6 Å². The first kappa shape index (κ1) is 14.8. The number of halogens is 1. The van der Waals surface area contributed by atoms with Gasteiger partial charge in [0, 0.05) is 35.7 Å². The van der Waals surface area contributed by atoms with E-state index >= 15 is 0 Å². The number of fused-ring (bicyclic) bond motifs is 1. The molecule has 4 heteroatoms. The Morgan fingerprint density at radius 2 is 2.19 bits per heavy atom. The van der Waals surface area contributed by atoms with Gasteiger partial charge in [0.25, 0.3) is 0 Å². The fourth-order valence-electron chi connectivity index (χ4n) is 3.22. The van der Waals surface area contributed by atoms with Gasteiger partial charge in [0.15, 0.2) is 0 Å². The number of benzene rings is 1. The van der Waals surface area contributed by atoms with Gasteiger partial charge in [-0.1, -0.05) is 17.7 Å². The molecule has 112 valence electrons. The van der Waals surface area contributed by atoms with Crippen molar-refractivity contribution in [3.63, 3.8) is 0 Å². The van der Waals surface area contributed by atoms with Crippen molar-refractivity contribution in [3.05, 3.63) is 41.0 Å². The molecule has 1 aliphatic rings. The molecule has 0 saturated carbocycles. The standard InChI is InChI=1S/C17H22ClN3/c1-12-4-5-13(9-19)10-21(12)11-14-6-7-16(18)15-3-2-8-20-17(14)15/h2-3,6-8,12-13H,4-5,9-11,19H2,1H3. The molecule has 0 spiro atoms. The second-order valence-electron chi connectivity index (χ2n) is 6.06. The molecule has 1 aromatic carbocycles. The number of nitrogens with zero attached hydrogens (tertiary/aromatic N) is 2. The Bertz CT molecular complexity index is 628. The van der Waals surface area contributed by atoms with Crippen molar-refractivity contribution in [2.75, 3.05) is 13.1 Å². The van der Waals surface area contributed by atoms with E-state index in [1.54, 1.807) is 0 Å². The van der Waals surface area contributed by atoms with Gasteiger partial charge in [-0.25, -0.2) is 0 Å². The number of pyridine rings is 1. The minimum atomic E-state index is 0.599. The van der Waals surface area contributed by atoms with E-state index in [0.717, 1.165) is 35.6 Å². The minimum absolute atomic E-state index is 0.599. The molecule has 21 heavy (non-hydrogen) atoms. The highest BCUT2D eigenvalue weighted by Crippen LogP contribution is 2.28. The van der Waals surface area contributed by atoms with Crippen LogP contribution in [0.25, 0.3) is 10.9 Å². The molecule has 0 aliphatic carbocycles. The summed E-state index contributed by atoms with van der Waals surface area (Å²) in [7, 11) is 0. The average molecular weight is 304 g/mol. The summed E-state index contributed by atoms with van der Waals surface area (Å²) in [6.45, 7) is 5.08. The summed E-state index contributed by atoms with van der Waals surface area (Å²) in [5.41, 5.74) is 8.13. The van der Waals surface area contributed by atoms with Crippen LogP contribution in [0.2, 0.25) is 5.02 Å². The molecule has 2 N–H and O–H groups in total. The summed E-state index contributed by atoms with van der Waals surface area (Å²) in [6, 6.07) is 8.66. The smallest absolute Gasteiger partial charge is 0.0761 e. The molecule has 1 aromatic heterocycles. The number of hydrogen-bond acceptors (Lipinski definition) is 3. The zero-order valence-corrected chi connectivity index (χ0v) is 13.2. The molecule has 1 fully saturated rings. The fraction of sp³-hybridized carbons (Fsp3) is 0.471. The maximum atomic E-state index is 6.28. The SMILES string of the molecule is CC1CCC(CN)CN1Cc1ccc(Cl)c2cccnc12. The lowest BCUT2D eigenvalue weighted by molar-refractivity contribution is 0.114. The third kappa shape index (κ3) is 3.05. The molecule has 2 aromatic rings. The van der Waals surface area contributed by atoms with Crippen LogP contribution in [-0.4, -0.2) is 29.0 Å². The van der Waals surface area contributed by atoms with Crippen LogP contribution in [0.4, 0.5) is 0 Å². The zero-order chi connectivity index (χ0) is 14.8. The Morgan fingerprint density at radius 3 is 3.00 bits per heavy atom. The molecule has 2 unspecified atom stereocenters. The number of nitrogens with two attached hydrogens (primary N) is 1. The van der Waals surface area contributed by atoms with E-state index in [-0.39, 0.29) is 0 Å². The average Bonchev–Trinajstić information content (AvgIpc) is 2.52. The normalized spacial score (nSPS) is 23.6. The van der Waals surface area contributed by atoms with E-state index in [4.69, 9.17) is 17.3 Å². The second kappa shape index (κ2) is 6.30. The van der Waals surface area contributed by atoms with Crippen LogP contribution in [0.15, 0.2) is 30.5 Å². The third-order valence-electron chi connectivity index (χ3n) is 4.62. The highest BCUT2D eigenvalue weighted by molar-refractivity contribution is 6.35. The van der Waals surface area contributed by atoms with Crippen molar-refractivity contribution in [2.45, 2.75) is 32.4 Å². The van der Waals surface area contributed by atoms with E-state index in [2.05, 4.69) is 22.9 Å². The van der Waals surface area contributed by atoms with Crippen molar-refractivity contribution >= 4 is 22.5 Å². The van der Waals surface area contributed by atoms with Crippen molar-refractivity contribution in [1.82, 2.24) is 9.88 Å². The maximum absolute atomic E-state index is 6.28. The van der Waals surface area contributed by atoms with Crippen molar-refractivity contribution in [1.29, 1.82) is 0 Å². The van der Waals surface area contributed by atoms with Crippen LogP contribution in [0.5, 0.6) is 0 Å². The van der Waals surface area contributed by atoms with Gasteiger partial charge < -0.3 is 5.73 Å². The molecule has 2 heterocycles. The number of piperidine rings is 1. The Morgan fingerprint density at radius 1 is 1.33 bits per heavy atom. The Hall–Kier alpha value is -1.16. The lowest BCUT2D eigenvalue weighted by atomic mass is 9.93. The Kier molecular flexibility index (Phi) is 4.43. The quantitative estimate of drug-likeness (QED) is 0.944. The lowest BCUT2D eigenvalue weighted by Gasteiger charge is -2.37. The van der Waals surface area contributed by atoms with Gasteiger partial charge in [-0.05, 0) is 56.0 Å². The van der Waals surface area contributed by atoms with E-state index in [9.17, 15) is 0 Å². The minimum Gasteiger partial charge on any atom is -0.330 e. The first-order chi connectivity index (χ1) is 10.2. The van der Waals surface area contributed by atoms with E-state index < -0.39 is 0 Å². The molecular weight excluding hydrogens is 282 g/mol. The van der Waals surface area contributed by atoms with Crippen molar-refractivity contribution in [2.24, 2.45) is 11.7 Å². The number of likely N-dealkylation sites (tertiary alicyclic amines) is 1. The summed E-state index contributed by atoms with van der Waals surface area (Å²) < 4.78 is 0. The fourth-order valence-corrected chi connectivity index (χ4v) is 3.43. The van der Waals surface area contributed by atoms with Crippen molar-refractivity contribution < 1.29 is 0 Å². The van der Waals surface area contributed by atoms with Crippen molar-refractivity contribution in [3.8, 4) is 0 Å². The first-order valence-corrected chi connectivity index (χ1v) is 8.03. The van der Waals surface area contributed by atoms with E-state index in [1.165, 1.54) is 18.4 Å². The predicted octanol–water partition coefficient (Wildman–Crippen LogP) is 3.45. The summed E-state index contributed by atoms with van der Waals surface area (Å²) in [5, 5.41) is 1.81. The summed E-state index contributed by atoms with van der Waals surface area (Å²) in [5.74, 6) is 0.618. The molecule has 3 rings (SSSR count). The molecule has 1 aliphatic heterocycles. The molecule has 0 amide bonds. The monoisotopic (exact) mass is 303 g/mol.